The van der Waals surface area contributed by atoms with Crippen LogP contribution in [0.1, 0.15) is 15.9 Å². The van der Waals surface area contributed by atoms with Gasteiger partial charge in [-0.3, -0.25) is 25.8 Å². The van der Waals surface area contributed by atoms with Crippen molar-refractivity contribution in [1.29, 1.82) is 0 Å². The van der Waals surface area contributed by atoms with Crippen molar-refractivity contribution in [3.63, 3.8) is 0 Å². The van der Waals surface area contributed by atoms with Gasteiger partial charge in [0, 0.05) is 24.9 Å². The number of hydrogen-bond donors (Lipinski definition) is 3. The number of alkyl halides is 3. The largest absolute Gasteiger partial charge is 0.416 e. The van der Waals surface area contributed by atoms with E-state index in [2.05, 4.69) is 16.2 Å². The minimum absolute atomic E-state index is 0.0135. The Morgan fingerprint density at radius 2 is 1.88 bits per heavy atom. The van der Waals surface area contributed by atoms with Gasteiger partial charge in [0.05, 0.1) is 21.7 Å². The Morgan fingerprint density at radius 1 is 1.16 bits per heavy atom. The maximum absolute atomic E-state index is 12.7. The van der Waals surface area contributed by atoms with E-state index in [0.717, 1.165) is 18.2 Å². The lowest BCUT2D eigenvalue weighted by atomic mass is 10.1. The number of halogens is 3. The van der Waals surface area contributed by atoms with Crippen molar-refractivity contribution in [1.82, 2.24) is 5.43 Å². The zero-order valence-electron chi connectivity index (χ0n) is 12.8. The summed E-state index contributed by atoms with van der Waals surface area (Å²) in [5, 5.41) is 13.5. The molecule has 3 N–H and O–H groups in total. The second kappa shape index (κ2) is 7.07. The van der Waals surface area contributed by atoms with Crippen molar-refractivity contribution in [3.05, 3.63) is 63.7 Å². The van der Waals surface area contributed by atoms with E-state index in [4.69, 9.17) is 0 Å². The number of non-ortho nitro benzene ring substituents is 1. The lowest BCUT2D eigenvalue weighted by Crippen LogP contribution is -2.30. The van der Waals surface area contributed by atoms with Gasteiger partial charge in [0.1, 0.15) is 0 Å². The third-order valence-electron chi connectivity index (χ3n) is 3.24. The molecule has 0 spiro atoms. The second-order valence-corrected chi connectivity index (χ2v) is 4.89. The molecule has 2 rings (SSSR count). The average molecular weight is 354 g/mol. The third kappa shape index (κ3) is 4.37. The van der Waals surface area contributed by atoms with E-state index < -0.39 is 22.6 Å². The Labute approximate surface area is 140 Å². The van der Waals surface area contributed by atoms with Crippen LogP contribution < -0.4 is 16.2 Å². The van der Waals surface area contributed by atoms with E-state index in [1.807, 2.05) is 0 Å². The van der Waals surface area contributed by atoms with Gasteiger partial charge >= 0.3 is 6.18 Å². The molecular formula is C15H13F3N4O3. The van der Waals surface area contributed by atoms with E-state index in [0.29, 0.717) is 5.69 Å². The fourth-order valence-electron chi connectivity index (χ4n) is 2.02. The fraction of sp³-hybridized carbons (Fsp3) is 0.133. The molecule has 25 heavy (non-hydrogen) atoms. The molecule has 0 aromatic heterocycles. The summed E-state index contributed by atoms with van der Waals surface area (Å²) < 4.78 is 38.0. The summed E-state index contributed by atoms with van der Waals surface area (Å²) >= 11 is 0. The lowest BCUT2D eigenvalue weighted by molar-refractivity contribution is -0.384. The molecule has 0 fully saturated rings. The lowest BCUT2D eigenvalue weighted by Gasteiger charge is -2.13. The van der Waals surface area contributed by atoms with Gasteiger partial charge in [0.2, 0.25) is 0 Å². The van der Waals surface area contributed by atoms with Gasteiger partial charge in [-0.05, 0) is 24.3 Å². The fourth-order valence-corrected chi connectivity index (χ4v) is 2.02. The topological polar surface area (TPSA) is 96.3 Å². The summed E-state index contributed by atoms with van der Waals surface area (Å²) in [6, 6.07) is 7.89. The summed E-state index contributed by atoms with van der Waals surface area (Å²) in [5.74, 6) is -0.745. The van der Waals surface area contributed by atoms with E-state index in [1.165, 1.54) is 31.3 Å². The standard InChI is InChI=1S/C15H13F3N4O3/c1-19-13-6-5-11(22(24)25)8-12(13)14(23)21-20-10-4-2-3-9(7-10)15(16,17)18/h2-8,19-20H,1H3,(H,21,23). The molecule has 0 saturated carbocycles. The molecule has 132 valence electrons. The van der Waals surface area contributed by atoms with Crippen LogP contribution in [-0.2, 0) is 6.18 Å². The Morgan fingerprint density at radius 3 is 2.48 bits per heavy atom. The van der Waals surface area contributed by atoms with Crippen molar-refractivity contribution in [2.24, 2.45) is 0 Å². The first-order valence-electron chi connectivity index (χ1n) is 6.92. The average Bonchev–Trinajstić information content (AvgIpc) is 2.58. The van der Waals surface area contributed by atoms with Crippen LogP contribution in [0.4, 0.5) is 30.2 Å². The monoisotopic (exact) mass is 354 g/mol. The highest BCUT2D eigenvalue weighted by Crippen LogP contribution is 2.30. The predicted molar refractivity (Wildman–Crippen MR) is 85.2 cm³/mol. The van der Waals surface area contributed by atoms with E-state index >= 15 is 0 Å². The highest BCUT2D eigenvalue weighted by Gasteiger charge is 2.30. The first-order chi connectivity index (χ1) is 11.7. The molecule has 0 aliphatic rings. The van der Waals surface area contributed by atoms with Crippen LogP contribution in [0, 0.1) is 10.1 Å². The van der Waals surface area contributed by atoms with Crippen LogP contribution >= 0.6 is 0 Å². The molecular weight excluding hydrogens is 341 g/mol. The van der Waals surface area contributed by atoms with Crippen LogP contribution in [0.15, 0.2) is 42.5 Å². The number of nitrogens with zero attached hydrogens (tertiary/aromatic N) is 1. The van der Waals surface area contributed by atoms with Gasteiger partial charge in [-0.15, -0.1) is 0 Å². The van der Waals surface area contributed by atoms with Gasteiger partial charge in [-0.2, -0.15) is 13.2 Å². The molecule has 2 aromatic carbocycles. The number of anilines is 2. The Hall–Kier alpha value is -3.30. The normalized spacial score (nSPS) is 10.9. The van der Waals surface area contributed by atoms with E-state index in [1.54, 1.807) is 0 Å². The molecule has 0 bridgehead atoms. The minimum atomic E-state index is -4.51. The smallest absolute Gasteiger partial charge is 0.387 e. The van der Waals surface area contributed by atoms with E-state index in [-0.39, 0.29) is 16.9 Å². The van der Waals surface area contributed by atoms with E-state index in [9.17, 15) is 28.1 Å². The van der Waals surface area contributed by atoms with Crippen molar-refractivity contribution in [2.75, 3.05) is 17.8 Å². The molecule has 0 atom stereocenters. The molecule has 1 amide bonds. The molecule has 0 saturated heterocycles. The molecule has 7 nitrogen and oxygen atoms in total. The number of hydrogen-bond acceptors (Lipinski definition) is 5. The summed E-state index contributed by atoms with van der Waals surface area (Å²) in [7, 11) is 1.53. The minimum Gasteiger partial charge on any atom is -0.387 e. The third-order valence-corrected chi connectivity index (χ3v) is 3.24. The SMILES string of the molecule is CNc1ccc([N+](=O)[O-])cc1C(=O)NNc1cccc(C(F)(F)F)c1. The number of carbonyl (C=O) groups is 1. The predicted octanol–water partition coefficient (Wildman–Crippen LogP) is 3.41. The number of nitro benzene ring substituents is 1. The summed E-state index contributed by atoms with van der Waals surface area (Å²) in [5.41, 5.74) is 3.72. The Bertz CT molecular complexity index is 809. The van der Waals surface area contributed by atoms with Crippen LogP contribution in [0.2, 0.25) is 0 Å². The van der Waals surface area contributed by atoms with Gasteiger partial charge in [-0.25, -0.2) is 0 Å². The number of nitro groups is 1. The number of carbonyl (C=O) groups excluding carboxylic acids is 1. The summed E-state index contributed by atoms with van der Waals surface area (Å²) in [4.78, 5) is 22.4. The van der Waals surface area contributed by atoms with Crippen molar-refractivity contribution in [2.45, 2.75) is 6.18 Å². The maximum atomic E-state index is 12.7. The first-order valence-corrected chi connectivity index (χ1v) is 6.92. The van der Waals surface area contributed by atoms with Crippen LogP contribution in [0.5, 0.6) is 0 Å². The second-order valence-electron chi connectivity index (χ2n) is 4.89. The molecule has 0 heterocycles. The quantitative estimate of drug-likeness (QED) is 0.565. The highest BCUT2D eigenvalue weighted by atomic mass is 19.4. The van der Waals surface area contributed by atoms with Gasteiger partial charge < -0.3 is 5.32 Å². The number of hydrazine groups is 1. The molecule has 10 heteroatoms. The molecule has 0 aliphatic carbocycles. The highest BCUT2D eigenvalue weighted by molar-refractivity contribution is 6.00. The van der Waals surface area contributed by atoms with Crippen molar-refractivity contribution >= 4 is 23.0 Å². The molecule has 0 unspecified atom stereocenters. The first kappa shape index (κ1) is 18.0. The Balaban J connectivity index is 2.18. The van der Waals surface area contributed by atoms with Crippen molar-refractivity contribution < 1.29 is 22.9 Å². The molecule has 0 radical (unpaired) electrons. The van der Waals surface area contributed by atoms with Crippen LogP contribution in [0.25, 0.3) is 0 Å². The Kier molecular flexibility index (Phi) is 5.11. The van der Waals surface area contributed by atoms with Gasteiger partial charge in [0.25, 0.3) is 11.6 Å². The number of amides is 1. The van der Waals surface area contributed by atoms with Crippen LogP contribution in [-0.4, -0.2) is 17.9 Å². The maximum Gasteiger partial charge on any atom is 0.416 e. The number of nitrogens with one attached hydrogen (secondary N) is 3. The molecule has 2 aromatic rings. The zero-order valence-corrected chi connectivity index (χ0v) is 12.8. The molecule has 0 aliphatic heterocycles. The van der Waals surface area contributed by atoms with Gasteiger partial charge in [0.15, 0.2) is 0 Å². The van der Waals surface area contributed by atoms with Gasteiger partial charge in [-0.1, -0.05) is 6.07 Å². The van der Waals surface area contributed by atoms with Crippen molar-refractivity contribution in [3.8, 4) is 0 Å². The van der Waals surface area contributed by atoms with Crippen LogP contribution in [0.3, 0.4) is 0 Å². The number of rotatable bonds is 5. The summed E-state index contributed by atoms with van der Waals surface area (Å²) in [6.45, 7) is 0. The number of benzene rings is 2. The summed E-state index contributed by atoms with van der Waals surface area (Å²) in [6.07, 6.45) is -4.51. The zero-order chi connectivity index (χ0) is 18.6.